The number of allylic oxidation sites excluding steroid dienone is 1. The molecule has 0 heterocycles. The lowest BCUT2D eigenvalue weighted by Crippen LogP contribution is -2.33. The van der Waals surface area contributed by atoms with Gasteiger partial charge in [0.2, 0.25) is 0 Å². The Morgan fingerprint density at radius 1 is 0.467 bits per heavy atom. The van der Waals surface area contributed by atoms with Gasteiger partial charge in [-0.05, 0) is 47.1 Å². The maximum absolute atomic E-state index is 2.45. The molecule has 0 saturated heterocycles. The van der Waals surface area contributed by atoms with Gasteiger partial charge in [0.1, 0.15) is 0 Å². The first-order chi connectivity index (χ1) is 14.8. The highest BCUT2D eigenvalue weighted by Gasteiger charge is 2.41. The van der Waals surface area contributed by atoms with Crippen LogP contribution in [0.3, 0.4) is 0 Å². The zero-order chi connectivity index (χ0) is 20.2. The highest BCUT2D eigenvalue weighted by Crippen LogP contribution is 2.47. The molecule has 0 amide bonds. The Labute approximate surface area is 179 Å². The topological polar surface area (TPSA) is 0 Å². The van der Waals surface area contributed by atoms with Crippen molar-refractivity contribution in [2.75, 3.05) is 0 Å². The van der Waals surface area contributed by atoms with Gasteiger partial charge in [-0.1, -0.05) is 127 Å². The fourth-order valence-electron chi connectivity index (χ4n) is 4.96. The van der Waals surface area contributed by atoms with E-state index >= 15 is 0 Å². The van der Waals surface area contributed by atoms with Crippen molar-refractivity contribution in [2.45, 2.75) is 24.7 Å². The van der Waals surface area contributed by atoms with Gasteiger partial charge in [0, 0.05) is 5.41 Å². The molecule has 146 valence electrons. The first kappa shape index (κ1) is 18.6. The smallest absolute Gasteiger partial charge is 0.0254 e. The number of rotatable bonds is 6. The van der Waals surface area contributed by atoms with Crippen LogP contribution in [0.1, 0.15) is 27.8 Å². The van der Waals surface area contributed by atoms with E-state index < -0.39 is 0 Å². The van der Waals surface area contributed by atoms with Crippen LogP contribution in [-0.4, -0.2) is 0 Å². The van der Waals surface area contributed by atoms with E-state index in [1.54, 1.807) is 0 Å². The summed E-state index contributed by atoms with van der Waals surface area (Å²) in [4.78, 5) is 0. The minimum absolute atomic E-state index is 0.0326. The molecule has 0 N–H and O–H groups in total. The number of hydrogen-bond acceptors (Lipinski definition) is 0. The van der Waals surface area contributed by atoms with E-state index in [1.807, 2.05) is 0 Å². The summed E-state index contributed by atoms with van der Waals surface area (Å²) < 4.78 is 0. The van der Waals surface area contributed by atoms with Gasteiger partial charge in [0.25, 0.3) is 0 Å². The lowest BCUT2D eigenvalue weighted by molar-refractivity contribution is 0.496. The summed E-state index contributed by atoms with van der Waals surface area (Å²) in [7, 11) is 0. The molecule has 0 aliphatic heterocycles. The summed E-state index contributed by atoms with van der Waals surface area (Å²) in [5, 5.41) is 0. The van der Waals surface area contributed by atoms with Crippen LogP contribution in [0.2, 0.25) is 0 Å². The quantitative estimate of drug-likeness (QED) is 0.333. The molecule has 0 bridgehead atoms. The average molecular weight is 387 g/mol. The Hall–Kier alpha value is -3.38. The van der Waals surface area contributed by atoms with Gasteiger partial charge in [0.05, 0.1) is 0 Å². The van der Waals surface area contributed by atoms with Crippen molar-refractivity contribution in [3.8, 4) is 0 Å². The molecule has 4 aromatic carbocycles. The zero-order valence-electron chi connectivity index (χ0n) is 17.2. The Morgan fingerprint density at radius 2 is 0.933 bits per heavy atom. The SMILES string of the molecule is C1=C(Cc2ccccc2)C(Cc2ccccc2)(Cc2ccccc2)c2ccccc21. The van der Waals surface area contributed by atoms with Gasteiger partial charge < -0.3 is 0 Å². The van der Waals surface area contributed by atoms with Crippen LogP contribution in [0.15, 0.2) is 121 Å². The van der Waals surface area contributed by atoms with Crippen LogP contribution in [0, 0.1) is 0 Å². The maximum atomic E-state index is 2.45. The van der Waals surface area contributed by atoms with Gasteiger partial charge in [-0.15, -0.1) is 0 Å². The minimum Gasteiger partial charge on any atom is -0.0622 e. The predicted molar refractivity (Wildman–Crippen MR) is 127 cm³/mol. The summed E-state index contributed by atoms with van der Waals surface area (Å²) in [5.74, 6) is 0. The molecular weight excluding hydrogens is 360 g/mol. The molecule has 0 atom stereocenters. The minimum atomic E-state index is -0.0326. The molecule has 0 aromatic heterocycles. The maximum Gasteiger partial charge on any atom is 0.0254 e. The first-order valence-corrected chi connectivity index (χ1v) is 10.8. The molecular formula is C30H26. The van der Waals surface area contributed by atoms with Crippen molar-refractivity contribution >= 4 is 6.08 Å². The van der Waals surface area contributed by atoms with Gasteiger partial charge in [0.15, 0.2) is 0 Å². The third-order valence-corrected chi connectivity index (χ3v) is 6.36. The molecule has 1 aliphatic carbocycles. The highest BCUT2D eigenvalue weighted by atomic mass is 14.4. The van der Waals surface area contributed by atoms with E-state index in [0.29, 0.717) is 0 Å². The van der Waals surface area contributed by atoms with Crippen LogP contribution in [-0.2, 0) is 24.7 Å². The van der Waals surface area contributed by atoms with Gasteiger partial charge in [-0.25, -0.2) is 0 Å². The van der Waals surface area contributed by atoms with Gasteiger partial charge in [-0.3, -0.25) is 0 Å². The molecule has 0 unspecified atom stereocenters. The second-order valence-electron chi connectivity index (χ2n) is 8.33. The third-order valence-electron chi connectivity index (χ3n) is 6.36. The van der Waals surface area contributed by atoms with E-state index in [1.165, 1.54) is 33.4 Å². The van der Waals surface area contributed by atoms with Crippen LogP contribution >= 0.6 is 0 Å². The number of fused-ring (bicyclic) bond motifs is 1. The molecule has 0 spiro atoms. The standard InChI is InChI=1S/C30H26/c1-4-12-24(13-5-1)20-28-21-27-18-10-11-19-29(27)30(28,22-25-14-6-2-7-15-25)23-26-16-8-3-9-17-26/h1-19,21H,20,22-23H2. The van der Waals surface area contributed by atoms with Gasteiger partial charge in [-0.2, -0.15) is 0 Å². The Bertz CT molecular complexity index is 1100. The molecule has 0 fully saturated rings. The summed E-state index contributed by atoms with van der Waals surface area (Å²) >= 11 is 0. The normalized spacial score (nSPS) is 14.2. The van der Waals surface area contributed by atoms with Crippen molar-refractivity contribution in [1.82, 2.24) is 0 Å². The summed E-state index contributed by atoms with van der Waals surface area (Å²) in [5.41, 5.74) is 8.48. The lowest BCUT2D eigenvalue weighted by Gasteiger charge is -2.35. The van der Waals surface area contributed by atoms with Crippen LogP contribution < -0.4 is 0 Å². The van der Waals surface area contributed by atoms with Crippen molar-refractivity contribution in [1.29, 1.82) is 0 Å². The first-order valence-electron chi connectivity index (χ1n) is 10.8. The molecule has 0 nitrogen and oxygen atoms in total. The molecule has 0 heteroatoms. The summed E-state index contributed by atoms with van der Waals surface area (Å²) in [6, 6.07) is 41.8. The Morgan fingerprint density at radius 3 is 1.50 bits per heavy atom. The highest BCUT2D eigenvalue weighted by molar-refractivity contribution is 5.71. The van der Waals surface area contributed by atoms with Crippen LogP contribution in [0.5, 0.6) is 0 Å². The van der Waals surface area contributed by atoms with Crippen molar-refractivity contribution in [3.05, 3.63) is 149 Å². The average Bonchev–Trinajstić information content (AvgIpc) is 3.08. The fraction of sp³-hybridized carbons (Fsp3) is 0.133. The zero-order valence-corrected chi connectivity index (χ0v) is 17.2. The predicted octanol–water partition coefficient (Wildman–Crippen LogP) is 7.05. The monoisotopic (exact) mass is 386 g/mol. The number of benzene rings is 4. The fourth-order valence-corrected chi connectivity index (χ4v) is 4.96. The Kier molecular flexibility index (Phi) is 5.07. The van der Waals surface area contributed by atoms with Crippen LogP contribution in [0.25, 0.3) is 6.08 Å². The summed E-state index contributed by atoms with van der Waals surface area (Å²) in [6.45, 7) is 0. The van der Waals surface area contributed by atoms with Gasteiger partial charge >= 0.3 is 0 Å². The second kappa shape index (κ2) is 8.16. The van der Waals surface area contributed by atoms with Crippen molar-refractivity contribution in [2.24, 2.45) is 0 Å². The molecule has 5 rings (SSSR count). The van der Waals surface area contributed by atoms with Crippen molar-refractivity contribution < 1.29 is 0 Å². The number of hydrogen-bond donors (Lipinski definition) is 0. The molecule has 4 aromatic rings. The molecule has 1 aliphatic rings. The molecule has 0 radical (unpaired) electrons. The van der Waals surface area contributed by atoms with E-state index in [2.05, 4.69) is 121 Å². The summed E-state index contributed by atoms with van der Waals surface area (Å²) in [6.07, 6.45) is 5.46. The third kappa shape index (κ3) is 3.62. The van der Waals surface area contributed by atoms with E-state index in [-0.39, 0.29) is 5.41 Å². The second-order valence-corrected chi connectivity index (χ2v) is 8.33. The lowest BCUT2D eigenvalue weighted by atomic mass is 9.67. The van der Waals surface area contributed by atoms with E-state index in [9.17, 15) is 0 Å². The van der Waals surface area contributed by atoms with E-state index in [4.69, 9.17) is 0 Å². The van der Waals surface area contributed by atoms with Crippen LogP contribution in [0.4, 0.5) is 0 Å². The molecule has 0 saturated carbocycles. The Balaban J connectivity index is 1.65. The van der Waals surface area contributed by atoms with E-state index in [0.717, 1.165) is 19.3 Å². The van der Waals surface area contributed by atoms with Crippen molar-refractivity contribution in [3.63, 3.8) is 0 Å². The largest absolute Gasteiger partial charge is 0.0622 e. The molecule has 30 heavy (non-hydrogen) atoms.